The normalized spacial score (nSPS) is 16.8. The Labute approximate surface area is 108 Å². The Balaban J connectivity index is 2.81. The van der Waals surface area contributed by atoms with Gasteiger partial charge in [-0.15, -0.1) is 0 Å². The van der Waals surface area contributed by atoms with Crippen molar-refractivity contribution in [1.82, 2.24) is 0 Å². The maximum absolute atomic E-state index is 6.44. The summed E-state index contributed by atoms with van der Waals surface area (Å²) in [7, 11) is 0. The van der Waals surface area contributed by atoms with Crippen molar-refractivity contribution in [3.8, 4) is 0 Å². The Morgan fingerprint density at radius 1 is 1.38 bits per heavy atom. The molecule has 1 aromatic rings. The zero-order chi connectivity index (χ0) is 12.2. The van der Waals surface area contributed by atoms with Crippen LogP contribution in [0.1, 0.15) is 45.6 Å². The minimum Gasteiger partial charge on any atom is -0.322 e. The summed E-state index contributed by atoms with van der Waals surface area (Å²) in [6.45, 7) is 6.63. The van der Waals surface area contributed by atoms with E-state index in [9.17, 15) is 0 Å². The zero-order valence-corrected chi connectivity index (χ0v) is 12.0. The van der Waals surface area contributed by atoms with Gasteiger partial charge >= 0.3 is 0 Å². The lowest BCUT2D eigenvalue weighted by Crippen LogP contribution is -2.35. The molecule has 0 aromatic heterocycles. The first-order valence-electron chi connectivity index (χ1n) is 6.01. The van der Waals surface area contributed by atoms with Crippen LogP contribution in [-0.4, -0.2) is 0 Å². The fraction of sp³-hybridized carbons (Fsp3) is 0.571. The Morgan fingerprint density at radius 3 is 2.56 bits per heavy atom. The van der Waals surface area contributed by atoms with Gasteiger partial charge in [0.2, 0.25) is 0 Å². The molecule has 1 rings (SSSR count). The van der Waals surface area contributed by atoms with Gasteiger partial charge in [0.1, 0.15) is 0 Å². The summed E-state index contributed by atoms with van der Waals surface area (Å²) >= 11 is 3.58. The van der Waals surface area contributed by atoms with Crippen molar-refractivity contribution in [2.45, 2.75) is 45.6 Å². The van der Waals surface area contributed by atoms with E-state index in [-0.39, 0.29) is 5.54 Å². The molecule has 90 valence electrons. The lowest BCUT2D eigenvalue weighted by atomic mass is 9.83. The Kier molecular flexibility index (Phi) is 5.00. The van der Waals surface area contributed by atoms with E-state index in [2.05, 4.69) is 54.9 Å². The van der Waals surface area contributed by atoms with Crippen LogP contribution in [0.3, 0.4) is 0 Å². The highest BCUT2D eigenvalue weighted by Gasteiger charge is 2.25. The van der Waals surface area contributed by atoms with E-state index in [1.807, 2.05) is 6.07 Å². The van der Waals surface area contributed by atoms with Crippen LogP contribution in [0.4, 0.5) is 0 Å². The molecule has 0 bridgehead atoms. The van der Waals surface area contributed by atoms with Gasteiger partial charge in [-0.2, -0.15) is 0 Å². The Bertz CT molecular complexity index is 333. The van der Waals surface area contributed by atoms with Crippen LogP contribution in [0, 0.1) is 5.92 Å². The molecule has 0 radical (unpaired) electrons. The molecule has 2 heteroatoms. The molecule has 0 heterocycles. The van der Waals surface area contributed by atoms with Crippen LogP contribution in [0.25, 0.3) is 0 Å². The monoisotopic (exact) mass is 283 g/mol. The van der Waals surface area contributed by atoms with Crippen molar-refractivity contribution in [3.05, 3.63) is 34.3 Å². The first-order chi connectivity index (χ1) is 7.47. The Morgan fingerprint density at radius 2 is 2.00 bits per heavy atom. The zero-order valence-electron chi connectivity index (χ0n) is 10.5. The van der Waals surface area contributed by atoms with Crippen molar-refractivity contribution >= 4 is 15.9 Å². The van der Waals surface area contributed by atoms with E-state index < -0.39 is 0 Å². The third kappa shape index (κ3) is 3.60. The highest BCUT2D eigenvalue weighted by Crippen LogP contribution is 2.32. The largest absolute Gasteiger partial charge is 0.322 e. The van der Waals surface area contributed by atoms with Crippen molar-refractivity contribution in [1.29, 1.82) is 0 Å². The lowest BCUT2D eigenvalue weighted by Gasteiger charge is -2.29. The molecule has 0 amide bonds. The predicted octanol–water partition coefficient (Wildman–Crippen LogP) is 4.45. The number of hydrogen-bond donors (Lipinski definition) is 1. The SMILES string of the molecule is CCCC(C)CC(C)(N)c1ccccc1Br. The predicted molar refractivity (Wildman–Crippen MR) is 74.4 cm³/mol. The van der Waals surface area contributed by atoms with E-state index in [1.165, 1.54) is 18.4 Å². The maximum Gasteiger partial charge on any atom is 0.0394 e. The van der Waals surface area contributed by atoms with Crippen LogP contribution in [0.2, 0.25) is 0 Å². The Hall–Kier alpha value is -0.340. The van der Waals surface area contributed by atoms with Crippen molar-refractivity contribution in [2.24, 2.45) is 11.7 Å². The minimum absolute atomic E-state index is 0.241. The lowest BCUT2D eigenvalue weighted by molar-refractivity contribution is 0.345. The second-order valence-electron chi connectivity index (χ2n) is 5.00. The summed E-state index contributed by atoms with van der Waals surface area (Å²) in [5.74, 6) is 0.673. The summed E-state index contributed by atoms with van der Waals surface area (Å²) in [5.41, 5.74) is 7.41. The average Bonchev–Trinajstić information content (AvgIpc) is 2.17. The van der Waals surface area contributed by atoms with Crippen LogP contribution < -0.4 is 5.73 Å². The van der Waals surface area contributed by atoms with E-state index in [1.54, 1.807) is 0 Å². The first kappa shape index (κ1) is 13.7. The van der Waals surface area contributed by atoms with Gasteiger partial charge in [0.25, 0.3) is 0 Å². The summed E-state index contributed by atoms with van der Waals surface area (Å²) in [5, 5.41) is 0. The molecule has 0 spiro atoms. The van der Waals surface area contributed by atoms with Gasteiger partial charge in [0.05, 0.1) is 0 Å². The van der Waals surface area contributed by atoms with E-state index in [0.29, 0.717) is 5.92 Å². The van der Waals surface area contributed by atoms with Gasteiger partial charge < -0.3 is 5.73 Å². The third-order valence-corrected chi connectivity index (χ3v) is 3.73. The van der Waals surface area contributed by atoms with Gasteiger partial charge in [0, 0.05) is 10.0 Å². The maximum atomic E-state index is 6.44. The first-order valence-corrected chi connectivity index (χ1v) is 6.80. The van der Waals surface area contributed by atoms with E-state index in [0.717, 1.165) is 10.9 Å². The van der Waals surface area contributed by atoms with Gasteiger partial charge in [0.15, 0.2) is 0 Å². The molecular formula is C14H22BrN. The summed E-state index contributed by atoms with van der Waals surface area (Å²) < 4.78 is 1.11. The minimum atomic E-state index is -0.241. The second-order valence-corrected chi connectivity index (χ2v) is 5.85. The number of nitrogens with two attached hydrogens (primary N) is 1. The summed E-state index contributed by atoms with van der Waals surface area (Å²) in [6.07, 6.45) is 3.51. The van der Waals surface area contributed by atoms with Crippen molar-refractivity contribution < 1.29 is 0 Å². The van der Waals surface area contributed by atoms with Crippen LogP contribution in [0.15, 0.2) is 28.7 Å². The van der Waals surface area contributed by atoms with Crippen LogP contribution >= 0.6 is 15.9 Å². The van der Waals surface area contributed by atoms with Crippen molar-refractivity contribution in [3.63, 3.8) is 0 Å². The molecule has 1 nitrogen and oxygen atoms in total. The highest BCUT2D eigenvalue weighted by molar-refractivity contribution is 9.10. The van der Waals surface area contributed by atoms with E-state index in [4.69, 9.17) is 5.73 Å². The molecule has 2 N–H and O–H groups in total. The number of benzene rings is 1. The molecular weight excluding hydrogens is 262 g/mol. The smallest absolute Gasteiger partial charge is 0.0394 e. The summed E-state index contributed by atoms with van der Waals surface area (Å²) in [6, 6.07) is 8.25. The third-order valence-electron chi connectivity index (χ3n) is 3.04. The second kappa shape index (κ2) is 5.83. The standard InChI is InChI=1S/C14H22BrN/c1-4-7-11(2)10-14(3,16)12-8-5-6-9-13(12)15/h5-6,8-9,11H,4,7,10,16H2,1-3H3. The molecule has 0 aliphatic rings. The fourth-order valence-corrected chi connectivity index (χ4v) is 3.09. The number of halogens is 1. The quantitative estimate of drug-likeness (QED) is 0.849. The molecule has 2 unspecified atom stereocenters. The molecule has 16 heavy (non-hydrogen) atoms. The van der Waals surface area contributed by atoms with E-state index >= 15 is 0 Å². The molecule has 1 aromatic carbocycles. The molecule has 0 saturated carbocycles. The molecule has 0 fully saturated rings. The van der Waals surface area contributed by atoms with Crippen molar-refractivity contribution in [2.75, 3.05) is 0 Å². The van der Waals surface area contributed by atoms with Gasteiger partial charge in [-0.05, 0) is 30.9 Å². The molecule has 2 atom stereocenters. The highest BCUT2D eigenvalue weighted by atomic mass is 79.9. The van der Waals surface area contributed by atoms with Crippen LogP contribution in [-0.2, 0) is 5.54 Å². The van der Waals surface area contributed by atoms with Crippen LogP contribution in [0.5, 0.6) is 0 Å². The van der Waals surface area contributed by atoms with Gasteiger partial charge in [-0.1, -0.05) is 60.8 Å². The number of rotatable bonds is 5. The fourth-order valence-electron chi connectivity index (χ4n) is 2.35. The summed E-state index contributed by atoms with van der Waals surface area (Å²) in [4.78, 5) is 0. The topological polar surface area (TPSA) is 26.0 Å². The number of hydrogen-bond acceptors (Lipinski definition) is 1. The molecule has 0 saturated heterocycles. The average molecular weight is 284 g/mol. The molecule has 0 aliphatic carbocycles. The molecule has 0 aliphatic heterocycles. The van der Waals surface area contributed by atoms with Gasteiger partial charge in [-0.3, -0.25) is 0 Å². The van der Waals surface area contributed by atoms with Gasteiger partial charge in [-0.25, -0.2) is 0 Å².